The zero-order chi connectivity index (χ0) is 10.4. The summed E-state index contributed by atoms with van der Waals surface area (Å²) in [5, 5.41) is 11.4. The van der Waals surface area contributed by atoms with Gasteiger partial charge in [0, 0.05) is 6.04 Å². The van der Waals surface area contributed by atoms with Gasteiger partial charge in [0.2, 0.25) is 0 Å². The van der Waals surface area contributed by atoms with Crippen molar-refractivity contribution < 1.29 is 9.90 Å². The lowest BCUT2D eigenvalue weighted by Gasteiger charge is -2.11. The van der Waals surface area contributed by atoms with Crippen molar-refractivity contribution in [3.63, 3.8) is 0 Å². The van der Waals surface area contributed by atoms with Gasteiger partial charge in [-0.05, 0) is 18.9 Å². The van der Waals surface area contributed by atoms with Gasteiger partial charge in [-0.25, -0.2) is 0 Å². The molecule has 1 rings (SSSR count). The van der Waals surface area contributed by atoms with Crippen LogP contribution in [0.4, 0.5) is 0 Å². The molecule has 76 valence electrons. The summed E-state index contributed by atoms with van der Waals surface area (Å²) in [6.07, 6.45) is 0.855. The Labute approximate surface area is 83.8 Å². The molecule has 0 saturated carbocycles. The Morgan fingerprint density at radius 2 is 2.07 bits per heavy atom. The van der Waals surface area contributed by atoms with Gasteiger partial charge in [-0.3, -0.25) is 4.79 Å². The summed E-state index contributed by atoms with van der Waals surface area (Å²) in [5.41, 5.74) is 1.22. The van der Waals surface area contributed by atoms with Crippen molar-refractivity contribution in [3.8, 4) is 0 Å². The highest BCUT2D eigenvalue weighted by Crippen LogP contribution is 2.02. The van der Waals surface area contributed by atoms with E-state index in [1.165, 1.54) is 5.56 Å². The van der Waals surface area contributed by atoms with Gasteiger partial charge in [-0.2, -0.15) is 0 Å². The van der Waals surface area contributed by atoms with E-state index >= 15 is 0 Å². The molecule has 0 unspecified atom stereocenters. The third-order valence-electron chi connectivity index (χ3n) is 1.99. The third-order valence-corrected chi connectivity index (χ3v) is 1.99. The van der Waals surface area contributed by atoms with Gasteiger partial charge in [0.05, 0.1) is 6.54 Å². The average molecular weight is 193 g/mol. The van der Waals surface area contributed by atoms with E-state index in [9.17, 15) is 4.79 Å². The van der Waals surface area contributed by atoms with E-state index in [0.717, 1.165) is 6.42 Å². The van der Waals surface area contributed by atoms with Gasteiger partial charge in [0.15, 0.2) is 0 Å². The lowest BCUT2D eigenvalue weighted by Crippen LogP contribution is -2.32. The third kappa shape index (κ3) is 4.05. The van der Waals surface area contributed by atoms with E-state index < -0.39 is 5.97 Å². The minimum atomic E-state index is -0.815. The van der Waals surface area contributed by atoms with Crippen LogP contribution < -0.4 is 5.32 Å². The van der Waals surface area contributed by atoms with Crippen LogP contribution in [0.1, 0.15) is 12.5 Å². The molecule has 1 aromatic carbocycles. The van der Waals surface area contributed by atoms with E-state index in [1.54, 1.807) is 0 Å². The standard InChI is InChI=1S/C11H15NO2/c1-9(12-8-11(13)14)7-10-5-3-2-4-6-10/h2-6,9,12H,7-8H2,1H3,(H,13,14)/t9-/m0/s1. The summed E-state index contributed by atoms with van der Waals surface area (Å²) in [6.45, 7) is 2.00. The van der Waals surface area contributed by atoms with Gasteiger partial charge >= 0.3 is 5.97 Å². The quantitative estimate of drug-likeness (QED) is 0.741. The Morgan fingerprint density at radius 3 is 2.64 bits per heavy atom. The molecule has 0 aromatic heterocycles. The fourth-order valence-electron chi connectivity index (χ4n) is 1.30. The van der Waals surface area contributed by atoms with Crippen LogP contribution in [0.25, 0.3) is 0 Å². The topological polar surface area (TPSA) is 49.3 Å². The molecule has 0 spiro atoms. The molecule has 14 heavy (non-hydrogen) atoms. The van der Waals surface area contributed by atoms with Gasteiger partial charge in [-0.1, -0.05) is 30.3 Å². The molecule has 0 saturated heterocycles. The number of benzene rings is 1. The molecular formula is C11H15NO2. The van der Waals surface area contributed by atoms with E-state index in [-0.39, 0.29) is 12.6 Å². The smallest absolute Gasteiger partial charge is 0.317 e. The predicted octanol–water partition coefficient (Wildman–Crippen LogP) is 1.29. The van der Waals surface area contributed by atoms with Crippen molar-refractivity contribution in [2.75, 3.05) is 6.54 Å². The van der Waals surface area contributed by atoms with Crippen LogP contribution in [0.15, 0.2) is 30.3 Å². The van der Waals surface area contributed by atoms with Crippen LogP contribution >= 0.6 is 0 Å². The van der Waals surface area contributed by atoms with Gasteiger partial charge in [0.1, 0.15) is 0 Å². The van der Waals surface area contributed by atoms with Crippen LogP contribution in [-0.4, -0.2) is 23.7 Å². The van der Waals surface area contributed by atoms with E-state index in [4.69, 9.17) is 5.11 Å². The lowest BCUT2D eigenvalue weighted by atomic mass is 10.1. The fourth-order valence-corrected chi connectivity index (χ4v) is 1.30. The Kier molecular flexibility index (Phi) is 4.13. The molecule has 0 bridgehead atoms. The maximum atomic E-state index is 10.3. The fraction of sp³-hybridized carbons (Fsp3) is 0.364. The summed E-state index contributed by atoms with van der Waals surface area (Å²) in [6, 6.07) is 10.2. The highest BCUT2D eigenvalue weighted by atomic mass is 16.4. The second kappa shape index (κ2) is 5.40. The summed E-state index contributed by atoms with van der Waals surface area (Å²) >= 11 is 0. The molecule has 0 radical (unpaired) electrons. The largest absolute Gasteiger partial charge is 0.480 e. The molecular weight excluding hydrogens is 178 g/mol. The Balaban J connectivity index is 2.34. The van der Waals surface area contributed by atoms with Crippen molar-refractivity contribution >= 4 is 5.97 Å². The van der Waals surface area contributed by atoms with Gasteiger partial charge < -0.3 is 10.4 Å². The number of hydrogen-bond acceptors (Lipinski definition) is 2. The maximum Gasteiger partial charge on any atom is 0.317 e. The van der Waals surface area contributed by atoms with Crippen molar-refractivity contribution in [1.29, 1.82) is 0 Å². The van der Waals surface area contributed by atoms with Gasteiger partial charge in [0.25, 0.3) is 0 Å². The van der Waals surface area contributed by atoms with Crippen LogP contribution in [-0.2, 0) is 11.2 Å². The Bertz CT molecular complexity index is 285. The van der Waals surface area contributed by atoms with Crippen molar-refractivity contribution in [2.45, 2.75) is 19.4 Å². The number of carboxylic acid groups (broad SMARTS) is 1. The number of hydrogen-bond donors (Lipinski definition) is 2. The highest BCUT2D eigenvalue weighted by molar-refractivity contribution is 5.69. The highest BCUT2D eigenvalue weighted by Gasteiger charge is 2.04. The zero-order valence-electron chi connectivity index (χ0n) is 8.23. The van der Waals surface area contributed by atoms with Crippen molar-refractivity contribution in [3.05, 3.63) is 35.9 Å². The van der Waals surface area contributed by atoms with E-state index in [1.807, 2.05) is 37.3 Å². The monoisotopic (exact) mass is 193 g/mol. The molecule has 1 atom stereocenters. The molecule has 0 aliphatic rings. The number of rotatable bonds is 5. The Hall–Kier alpha value is -1.35. The second-order valence-electron chi connectivity index (χ2n) is 3.37. The average Bonchev–Trinajstić information content (AvgIpc) is 2.16. The van der Waals surface area contributed by atoms with Crippen LogP contribution in [0.3, 0.4) is 0 Å². The molecule has 3 nitrogen and oxygen atoms in total. The van der Waals surface area contributed by atoms with E-state index in [0.29, 0.717) is 0 Å². The summed E-state index contributed by atoms with van der Waals surface area (Å²) < 4.78 is 0. The first-order valence-corrected chi connectivity index (χ1v) is 4.67. The molecule has 0 aliphatic heterocycles. The van der Waals surface area contributed by atoms with Crippen LogP contribution in [0.2, 0.25) is 0 Å². The predicted molar refractivity (Wildman–Crippen MR) is 55.2 cm³/mol. The number of aliphatic carboxylic acids is 1. The SMILES string of the molecule is C[C@@H](Cc1ccccc1)NCC(=O)O. The first-order valence-electron chi connectivity index (χ1n) is 4.67. The molecule has 3 heteroatoms. The Morgan fingerprint density at radius 1 is 1.43 bits per heavy atom. The lowest BCUT2D eigenvalue weighted by molar-refractivity contribution is -0.136. The summed E-state index contributed by atoms with van der Waals surface area (Å²) in [7, 11) is 0. The zero-order valence-corrected chi connectivity index (χ0v) is 8.23. The number of carbonyl (C=O) groups is 1. The van der Waals surface area contributed by atoms with Gasteiger partial charge in [-0.15, -0.1) is 0 Å². The first-order chi connectivity index (χ1) is 6.68. The number of nitrogens with one attached hydrogen (secondary N) is 1. The van der Waals surface area contributed by atoms with E-state index in [2.05, 4.69) is 5.32 Å². The minimum Gasteiger partial charge on any atom is -0.480 e. The molecule has 0 amide bonds. The molecule has 0 aliphatic carbocycles. The molecule has 2 N–H and O–H groups in total. The molecule has 0 fully saturated rings. The van der Waals surface area contributed by atoms with Crippen LogP contribution in [0.5, 0.6) is 0 Å². The minimum absolute atomic E-state index is 0.0218. The summed E-state index contributed by atoms with van der Waals surface area (Å²) in [4.78, 5) is 10.3. The second-order valence-corrected chi connectivity index (χ2v) is 3.37. The van der Waals surface area contributed by atoms with Crippen molar-refractivity contribution in [2.24, 2.45) is 0 Å². The molecule has 0 heterocycles. The van der Waals surface area contributed by atoms with Crippen LogP contribution in [0, 0.1) is 0 Å². The summed E-state index contributed by atoms with van der Waals surface area (Å²) in [5.74, 6) is -0.815. The first kappa shape index (κ1) is 10.7. The number of carboxylic acids is 1. The molecule has 1 aromatic rings. The normalized spacial score (nSPS) is 12.4. The maximum absolute atomic E-state index is 10.3. The van der Waals surface area contributed by atoms with Crippen molar-refractivity contribution in [1.82, 2.24) is 5.32 Å².